The molecule has 0 fully saturated rings. The molecule has 2 aromatic carbocycles. The topological polar surface area (TPSA) is 144 Å². The molecular formula is C15H11N3O7. The lowest BCUT2D eigenvalue weighted by Crippen LogP contribution is -2.17. The molecule has 0 saturated carbocycles. The molecule has 3 N–H and O–H groups in total. The van der Waals surface area contributed by atoms with Crippen molar-refractivity contribution in [2.75, 3.05) is 6.79 Å². The maximum Gasteiger partial charge on any atom is 0.311 e. The Morgan fingerprint density at radius 2 is 1.96 bits per heavy atom. The van der Waals surface area contributed by atoms with Gasteiger partial charge in [0, 0.05) is 23.3 Å². The number of phenols is 2. The third-order valence-corrected chi connectivity index (χ3v) is 3.33. The first kappa shape index (κ1) is 16.1. The Balaban J connectivity index is 1.74. The second-order valence-corrected chi connectivity index (χ2v) is 4.92. The van der Waals surface area contributed by atoms with Crippen molar-refractivity contribution in [3.63, 3.8) is 0 Å². The van der Waals surface area contributed by atoms with E-state index in [2.05, 4.69) is 10.5 Å². The van der Waals surface area contributed by atoms with Crippen molar-refractivity contribution in [2.24, 2.45) is 5.10 Å². The van der Waals surface area contributed by atoms with Gasteiger partial charge in [0.15, 0.2) is 17.2 Å². The Hall–Kier alpha value is -3.82. The predicted octanol–water partition coefficient (Wildman–Crippen LogP) is 1.50. The van der Waals surface area contributed by atoms with Gasteiger partial charge in [-0.3, -0.25) is 14.9 Å². The van der Waals surface area contributed by atoms with E-state index in [0.29, 0.717) is 11.5 Å². The molecule has 10 heteroatoms. The number of hydrogen-bond donors (Lipinski definition) is 3. The van der Waals surface area contributed by atoms with Crippen LogP contribution in [0.4, 0.5) is 5.69 Å². The standard InChI is InChI=1S/C15H11N3O7/c19-11-5-12(20)10(18(22)23)3-9(11)6-16-17-15(21)8-1-2-13-14(4-8)25-7-24-13/h1-6,19-20H,7H2,(H,17,21). The molecule has 0 bridgehead atoms. The lowest BCUT2D eigenvalue weighted by molar-refractivity contribution is -0.385. The zero-order chi connectivity index (χ0) is 18.0. The fourth-order valence-corrected chi connectivity index (χ4v) is 2.09. The van der Waals surface area contributed by atoms with E-state index in [9.17, 15) is 25.1 Å². The Morgan fingerprint density at radius 1 is 1.20 bits per heavy atom. The van der Waals surface area contributed by atoms with Crippen LogP contribution >= 0.6 is 0 Å². The minimum atomic E-state index is -0.808. The highest BCUT2D eigenvalue weighted by Crippen LogP contribution is 2.33. The van der Waals surface area contributed by atoms with Gasteiger partial charge in [-0.1, -0.05) is 0 Å². The molecule has 25 heavy (non-hydrogen) atoms. The maximum absolute atomic E-state index is 12.0. The van der Waals surface area contributed by atoms with Crippen LogP contribution in [0.25, 0.3) is 0 Å². The van der Waals surface area contributed by atoms with Crippen LogP contribution in [0.2, 0.25) is 0 Å². The first-order valence-electron chi connectivity index (χ1n) is 6.89. The highest BCUT2D eigenvalue weighted by Gasteiger charge is 2.17. The Kier molecular flexibility index (Phi) is 4.08. The summed E-state index contributed by atoms with van der Waals surface area (Å²) >= 11 is 0. The number of hydrogen-bond acceptors (Lipinski definition) is 8. The average molecular weight is 345 g/mol. The normalized spacial score (nSPS) is 12.3. The third-order valence-electron chi connectivity index (χ3n) is 3.33. The molecule has 10 nitrogen and oxygen atoms in total. The summed E-state index contributed by atoms with van der Waals surface area (Å²) < 4.78 is 10.3. The van der Waals surface area contributed by atoms with Gasteiger partial charge < -0.3 is 19.7 Å². The van der Waals surface area contributed by atoms with Crippen molar-refractivity contribution in [1.82, 2.24) is 5.43 Å². The number of ether oxygens (including phenoxy) is 2. The van der Waals surface area contributed by atoms with Gasteiger partial charge in [-0.05, 0) is 18.2 Å². The Morgan fingerprint density at radius 3 is 2.72 bits per heavy atom. The molecule has 0 atom stereocenters. The molecule has 1 amide bonds. The number of carbonyl (C=O) groups is 1. The van der Waals surface area contributed by atoms with Gasteiger partial charge in [0.05, 0.1) is 11.1 Å². The summed E-state index contributed by atoms with van der Waals surface area (Å²) in [5.74, 6) is -0.694. The second kappa shape index (κ2) is 6.35. The van der Waals surface area contributed by atoms with E-state index in [1.807, 2.05) is 0 Å². The smallest absolute Gasteiger partial charge is 0.311 e. The molecule has 0 spiro atoms. The molecule has 1 heterocycles. The molecule has 0 aromatic heterocycles. The lowest BCUT2D eigenvalue weighted by atomic mass is 10.2. The quantitative estimate of drug-likeness (QED) is 0.433. The molecule has 0 radical (unpaired) electrons. The van der Waals surface area contributed by atoms with E-state index < -0.39 is 28.0 Å². The van der Waals surface area contributed by atoms with Crippen LogP contribution in [-0.4, -0.2) is 34.1 Å². The maximum atomic E-state index is 12.0. The number of nitro benzene ring substituents is 1. The summed E-state index contributed by atoms with van der Waals surface area (Å²) in [4.78, 5) is 22.0. The van der Waals surface area contributed by atoms with Crippen LogP contribution < -0.4 is 14.9 Å². The number of nitro groups is 1. The molecule has 1 aliphatic heterocycles. The number of rotatable bonds is 4. The van der Waals surface area contributed by atoms with Crippen molar-refractivity contribution in [3.8, 4) is 23.0 Å². The largest absolute Gasteiger partial charge is 0.507 e. The van der Waals surface area contributed by atoms with Crippen LogP contribution in [0.1, 0.15) is 15.9 Å². The van der Waals surface area contributed by atoms with E-state index in [0.717, 1.165) is 18.3 Å². The molecule has 128 valence electrons. The van der Waals surface area contributed by atoms with Crippen molar-refractivity contribution in [2.45, 2.75) is 0 Å². The number of benzene rings is 2. The van der Waals surface area contributed by atoms with Gasteiger partial charge in [0.2, 0.25) is 6.79 Å². The van der Waals surface area contributed by atoms with Gasteiger partial charge in [0.1, 0.15) is 5.75 Å². The van der Waals surface area contributed by atoms with E-state index in [4.69, 9.17) is 9.47 Å². The molecule has 3 rings (SSSR count). The lowest BCUT2D eigenvalue weighted by Gasteiger charge is -2.03. The van der Waals surface area contributed by atoms with Crippen molar-refractivity contribution in [1.29, 1.82) is 0 Å². The summed E-state index contributed by atoms with van der Waals surface area (Å²) in [6.07, 6.45) is 1.02. The van der Waals surface area contributed by atoms with Crippen molar-refractivity contribution >= 4 is 17.8 Å². The highest BCUT2D eigenvalue weighted by molar-refractivity contribution is 5.96. The number of carbonyl (C=O) groups excluding carboxylic acids is 1. The number of hydrazone groups is 1. The molecule has 0 unspecified atom stereocenters. The fraction of sp³-hybridized carbons (Fsp3) is 0.0667. The van der Waals surface area contributed by atoms with Crippen LogP contribution in [-0.2, 0) is 0 Å². The SMILES string of the molecule is O=C(NN=Cc1cc([N+](=O)[O-])c(O)cc1O)c1ccc2c(c1)OCO2. The van der Waals surface area contributed by atoms with Gasteiger partial charge in [-0.25, -0.2) is 5.43 Å². The molecule has 0 aliphatic carbocycles. The van der Waals surface area contributed by atoms with Gasteiger partial charge >= 0.3 is 5.69 Å². The summed E-state index contributed by atoms with van der Waals surface area (Å²) in [6.45, 7) is 0.0808. The van der Waals surface area contributed by atoms with E-state index in [1.165, 1.54) is 12.1 Å². The van der Waals surface area contributed by atoms with E-state index >= 15 is 0 Å². The second-order valence-electron chi connectivity index (χ2n) is 4.92. The minimum absolute atomic E-state index is 0.0458. The molecular weight excluding hydrogens is 334 g/mol. The van der Waals surface area contributed by atoms with Gasteiger partial charge in [-0.2, -0.15) is 5.10 Å². The molecule has 2 aromatic rings. The number of aromatic hydroxyl groups is 2. The summed E-state index contributed by atoms with van der Waals surface area (Å²) in [6, 6.07) is 6.33. The zero-order valence-electron chi connectivity index (χ0n) is 12.5. The monoisotopic (exact) mass is 345 g/mol. The van der Waals surface area contributed by atoms with Crippen LogP contribution in [0.3, 0.4) is 0 Å². The van der Waals surface area contributed by atoms with Crippen LogP contribution in [0, 0.1) is 10.1 Å². The summed E-state index contributed by atoms with van der Waals surface area (Å²) in [7, 11) is 0. The fourth-order valence-electron chi connectivity index (χ4n) is 2.09. The van der Waals surface area contributed by atoms with Crippen LogP contribution in [0.5, 0.6) is 23.0 Å². The third kappa shape index (κ3) is 3.27. The summed E-state index contributed by atoms with van der Waals surface area (Å²) in [5.41, 5.74) is 1.84. The van der Waals surface area contributed by atoms with Crippen molar-refractivity contribution in [3.05, 3.63) is 51.6 Å². The highest BCUT2D eigenvalue weighted by atomic mass is 16.7. The predicted molar refractivity (Wildman–Crippen MR) is 84.1 cm³/mol. The number of amides is 1. The van der Waals surface area contributed by atoms with Crippen molar-refractivity contribution < 1.29 is 29.4 Å². The molecule has 0 saturated heterocycles. The van der Waals surface area contributed by atoms with E-state index in [1.54, 1.807) is 6.07 Å². The first-order valence-corrected chi connectivity index (χ1v) is 6.89. The minimum Gasteiger partial charge on any atom is -0.507 e. The summed E-state index contributed by atoms with van der Waals surface area (Å²) in [5, 5.41) is 33.5. The van der Waals surface area contributed by atoms with E-state index in [-0.39, 0.29) is 17.9 Å². The average Bonchev–Trinajstić information content (AvgIpc) is 3.03. The number of phenolic OH excluding ortho intramolecular Hbond substituents is 2. The number of nitrogens with one attached hydrogen (secondary N) is 1. The molecule has 1 aliphatic rings. The van der Waals surface area contributed by atoms with Crippen LogP contribution in [0.15, 0.2) is 35.4 Å². The Labute approximate surface area is 140 Å². The Bertz CT molecular complexity index is 895. The van der Waals surface area contributed by atoms with Gasteiger partial charge in [-0.15, -0.1) is 0 Å². The van der Waals surface area contributed by atoms with Gasteiger partial charge in [0.25, 0.3) is 5.91 Å². The zero-order valence-corrected chi connectivity index (χ0v) is 12.5. The number of nitrogens with zero attached hydrogens (tertiary/aromatic N) is 2. The number of fused-ring (bicyclic) bond motifs is 1. The first-order chi connectivity index (χ1) is 12.0.